The van der Waals surface area contributed by atoms with E-state index in [0.717, 1.165) is 250 Å². The smallest absolute Gasteiger partial charge is 0.257 e. The van der Waals surface area contributed by atoms with Crippen LogP contribution in [-0.4, -0.2) is 264 Å². The number of imidazole rings is 1. The maximum Gasteiger partial charge on any atom is 0.257 e. The number of aliphatic hydroxyl groups is 1. The zero-order valence-electron chi connectivity index (χ0n) is 76.7. The van der Waals surface area contributed by atoms with Crippen LogP contribution in [0.1, 0.15) is 122 Å². The first-order valence-corrected chi connectivity index (χ1v) is 43.9. The Labute approximate surface area is 726 Å². The summed E-state index contributed by atoms with van der Waals surface area (Å²) in [5.41, 5.74) is 62.5. The van der Waals surface area contributed by atoms with Gasteiger partial charge in [0.1, 0.15) is 47.3 Å². The van der Waals surface area contributed by atoms with Crippen molar-refractivity contribution < 1.29 is 14.6 Å². The molecule has 14 N–H and O–H groups in total. The third-order valence-electron chi connectivity index (χ3n) is 23.8. The van der Waals surface area contributed by atoms with Crippen molar-refractivity contribution in [3.8, 4) is 11.8 Å². The van der Waals surface area contributed by atoms with Crippen LogP contribution in [0.5, 0.6) is 11.8 Å². The molecule has 13 aromatic rings. The molecule has 1 atom stereocenters. The molecule has 0 spiro atoms. The molecule has 0 saturated carbocycles. The molecule has 0 aliphatic carbocycles. The lowest BCUT2D eigenvalue weighted by molar-refractivity contribution is 0.188. The quantitative estimate of drug-likeness (QED) is 0.0246. The normalized spacial score (nSPS) is 14.5. The lowest BCUT2D eigenvalue weighted by atomic mass is 10.1. The van der Waals surface area contributed by atoms with Gasteiger partial charge >= 0.3 is 0 Å². The summed E-state index contributed by atoms with van der Waals surface area (Å²) in [7, 11) is 14.6. The number of aliphatic hydroxyl groups excluding tert-OH is 1. The minimum atomic E-state index is 0.218. The number of nitrogens with two attached hydrogens (primary N) is 6. The summed E-state index contributed by atoms with van der Waals surface area (Å²) < 4.78 is 25.1. The highest BCUT2D eigenvalue weighted by Gasteiger charge is 2.30. The minimum absolute atomic E-state index is 0.218. The molecule has 13 aromatic heterocycles. The highest BCUT2D eigenvalue weighted by atomic mass is 16.5. The van der Waals surface area contributed by atoms with Crippen LogP contribution in [0.3, 0.4) is 0 Å². The maximum absolute atomic E-state index is 9.04. The molecule has 666 valence electrons. The van der Waals surface area contributed by atoms with Crippen molar-refractivity contribution >= 4 is 90.5 Å². The molecule has 3 fully saturated rings. The molecule has 0 aromatic carbocycles. The van der Waals surface area contributed by atoms with Crippen LogP contribution in [-0.2, 0) is 45.1 Å². The topological polar surface area (TPSA) is 354 Å². The SMILES string of the molecule is CCc1ccc(C)n2nc(N3CCC(N(C)C)C3)c(N)c12.CCc1ccc(C)n2nc(N3CCN(C)CC3)c(N)c12.CCc1ccc(C)n2nc(N3CCN(CCO)CC3)c(N)c12.CCc1ccc(C)n2nc(NCCCN(C)C)c(N)c12.CCc1ccc(C)n2nc(OCCN(C)C)c(N)c12.CCc1ccc(C)n2nc(OCCn3ccnc3)c(N)c12. The highest BCUT2D eigenvalue weighted by molar-refractivity contribution is 5.88. The Kier molecular flexibility index (Phi) is 31.7. The largest absolute Gasteiger partial charge is 0.474 e. The standard InChI is InChI=1S/C16H25N5O.C16H25N5.C15H19N5O.C15H23N5.C15H25N5.C14H22N4O/c1-3-13-5-4-12(2)21-15(13)14(17)16(18-21)20-8-6-19(7-9-20)10-11-22;1-5-12-7-6-11(2)21-15(12)14(17)16(18-21)20-9-8-13(10-20)19(3)4;1-3-12-5-4-11(2)20-14(12)13(16)15(18-20)21-9-8-19-7-6-17-10-19;1-4-12-6-5-11(2)20-14(12)13(16)15(17-20)19-9-7-18(3)8-10-19;1-5-12-8-7-11(2)20-14(12)13(16)15(18-20)17-9-6-10-19(3)4;1-5-11-7-6-10(2)18-13(11)12(15)14(16-18)19-9-8-17(3)4/h4-5,22H,3,6-11,17H2,1-2H3;6-7,13H,5,8-10,17H2,1-4H3;4-7,10H,3,8-9,16H2,1-2H3;5-6H,4,7-10,16H2,1-3H3;7-8H,5-6,9-10,16H2,1-4H3,(H,17,18);6-7H,5,8-9,15H2,1-4H3. The number of pyridine rings is 6. The van der Waals surface area contributed by atoms with Gasteiger partial charge in [-0.2, -0.15) is 0 Å². The molecule has 1 unspecified atom stereocenters. The third kappa shape index (κ3) is 21.2. The van der Waals surface area contributed by atoms with Crippen molar-refractivity contribution in [1.82, 2.24) is 91.7 Å². The first-order valence-electron chi connectivity index (χ1n) is 43.9. The van der Waals surface area contributed by atoms with E-state index in [1.807, 2.05) is 71.9 Å². The van der Waals surface area contributed by atoms with Crippen LogP contribution in [0.25, 0.3) is 33.1 Å². The number of likely N-dealkylation sites (N-methyl/N-ethyl adjacent to an activating group) is 3. The number of ether oxygens (including phenoxy) is 2. The molecule has 3 saturated heterocycles. The fourth-order valence-corrected chi connectivity index (χ4v) is 16.2. The molecule has 16 rings (SSSR count). The Balaban J connectivity index is 0.000000144. The lowest BCUT2D eigenvalue weighted by Crippen LogP contribution is -2.47. The van der Waals surface area contributed by atoms with Gasteiger partial charge in [0.05, 0.1) is 52.6 Å². The number of aromatic nitrogens is 14. The van der Waals surface area contributed by atoms with Gasteiger partial charge in [0.2, 0.25) is 0 Å². The van der Waals surface area contributed by atoms with E-state index in [1.54, 1.807) is 12.5 Å². The Morgan fingerprint density at radius 1 is 0.423 bits per heavy atom. The summed E-state index contributed by atoms with van der Waals surface area (Å²) in [4.78, 5) is 22.0. The Bertz CT molecular complexity index is 5610. The number of anilines is 10. The van der Waals surface area contributed by atoms with Crippen molar-refractivity contribution in [3.05, 3.63) is 159 Å². The zero-order valence-corrected chi connectivity index (χ0v) is 76.7. The van der Waals surface area contributed by atoms with Crippen LogP contribution >= 0.6 is 0 Å². The minimum Gasteiger partial charge on any atom is -0.474 e. The summed E-state index contributed by atoms with van der Waals surface area (Å²) in [6.07, 6.45) is 13.3. The van der Waals surface area contributed by atoms with E-state index in [9.17, 15) is 0 Å². The lowest BCUT2D eigenvalue weighted by Gasteiger charge is -2.34. The van der Waals surface area contributed by atoms with Crippen molar-refractivity contribution in [2.75, 3.05) is 215 Å². The van der Waals surface area contributed by atoms with E-state index in [-0.39, 0.29) is 6.61 Å². The van der Waals surface area contributed by atoms with Crippen molar-refractivity contribution in [2.45, 2.75) is 147 Å². The van der Waals surface area contributed by atoms with E-state index in [2.05, 4.69) is 236 Å². The average molecular weight is 1690 g/mol. The van der Waals surface area contributed by atoms with E-state index in [0.29, 0.717) is 48.9 Å². The number of nitrogen functional groups attached to an aromatic ring is 6. The second-order valence-corrected chi connectivity index (χ2v) is 33.2. The number of aryl methyl sites for hydroxylation is 12. The van der Waals surface area contributed by atoms with Gasteiger partial charge in [-0.25, -0.2) is 32.1 Å². The monoisotopic (exact) mass is 1690 g/mol. The predicted molar refractivity (Wildman–Crippen MR) is 506 cm³/mol. The summed E-state index contributed by atoms with van der Waals surface area (Å²) >= 11 is 0. The Morgan fingerprint density at radius 3 is 1.15 bits per heavy atom. The van der Waals surface area contributed by atoms with E-state index < -0.39 is 0 Å². The second kappa shape index (κ2) is 42.2. The van der Waals surface area contributed by atoms with Gasteiger partial charge in [-0.05, 0) is 219 Å². The number of hydrogen-bond acceptors (Lipinski definition) is 25. The summed E-state index contributed by atoms with van der Waals surface area (Å²) in [5, 5.41) is 40.3. The van der Waals surface area contributed by atoms with Crippen LogP contribution in [0.4, 0.5) is 57.4 Å². The first-order chi connectivity index (χ1) is 59.1. The fraction of sp³-hybridized carbons (Fsp3) is 0.505. The number of nitrogens with one attached hydrogen (secondary N) is 1. The van der Waals surface area contributed by atoms with Gasteiger partial charge in [0.25, 0.3) is 11.8 Å². The van der Waals surface area contributed by atoms with E-state index in [1.165, 1.54) is 39.8 Å². The molecule has 32 heteroatoms. The zero-order chi connectivity index (χ0) is 88.6. The van der Waals surface area contributed by atoms with Crippen molar-refractivity contribution in [1.29, 1.82) is 0 Å². The average Bonchev–Trinajstić information content (AvgIpc) is 1.65. The van der Waals surface area contributed by atoms with Gasteiger partial charge in [-0.3, -0.25) is 4.90 Å². The van der Waals surface area contributed by atoms with E-state index in [4.69, 9.17) is 64.3 Å². The van der Waals surface area contributed by atoms with E-state index >= 15 is 0 Å². The molecule has 3 aliphatic rings. The molecule has 0 radical (unpaired) electrons. The van der Waals surface area contributed by atoms with Gasteiger partial charge in [0.15, 0.2) is 23.3 Å². The maximum atomic E-state index is 9.04. The van der Waals surface area contributed by atoms with Crippen LogP contribution in [0.2, 0.25) is 0 Å². The number of piperazine rings is 2. The third-order valence-corrected chi connectivity index (χ3v) is 23.8. The molecular weight excluding hydrogens is 1550 g/mol. The van der Waals surface area contributed by atoms with Gasteiger partial charge < -0.3 is 93.2 Å². The summed E-state index contributed by atoms with van der Waals surface area (Å²) in [6.45, 7) is 40.5. The molecule has 0 amide bonds. The number of fused-ring (bicyclic) bond motifs is 6. The van der Waals surface area contributed by atoms with Crippen molar-refractivity contribution in [2.24, 2.45) is 0 Å². The molecule has 32 nitrogen and oxygen atoms in total. The number of nitrogens with zero attached hydrogens (tertiary/aromatic N) is 22. The molecule has 16 heterocycles. The second-order valence-electron chi connectivity index (χ2n) is 33.2. The molecule has 123 heavy (non-hydrogen) atoms. The van der Waals surface area contributed by atoms with Crippen LogP contribution < -0.4 is 63.9 Å². The molecule has 3 aliphatic heterocycles. The number of β-amino-alcohol motifs (C(OH)–C–C–N with tert-alkyl or cyclic N) is 1. The van der Waals surface area contributed by atoms with Gasteiger partial charge in [-0.1, -0.05) is 77.9 Å². The van der Waals surface area contributed by atoms with Gasteiger partial charge in [-0.15, -0.1) is 30.6 Å². The summed E-state index contributed by atoms with van der Waals surface area (Å²) in [6, 6.07) is 25.9. The Hall–Kier alpha value is -11.3. The van der Waals surface area contributed by atoms with Crippen LogP contribution in [0, 0.1) is 41.5 Å². The molecule has 0 bridgehead atoms. The van der Waals surface area contributed by atoms with Crippen LogP contribution in [0.15, 0.2) is 91.5 Å². The summed E-state index contributed by atoms with van der Waals surface area (Å²) in [5.74, 6) is 4.62. The van der Waals surface area contributed by atoms with Crippen molar-refractivity contribution in [3.63, 3.8) is 0 Å². The van der Waals surface area contributed by atoms with Gasteiger partial charge in [0, 0.05) is 138 Å². The fourth-order valence-electron chi connectivity index (χ4n) is 16.2. The molecular formula is C91H139N29O3. The Morgan fingerprint density at radius 2 is 0.789 bits per heavy atom. The number of rotatable bonds is 25. The first kappa shape index (κ1) is 92.4. The predicted octanol–water partition coefficient (Wildman–Crippen LogP) is 10.3. The number of hydrogen-bond donors (Lipinski definition) is 8. The highest BCUT2D eigenvalue weighted by Crippen LogP contribution is 2.37.